The third-order valence-electron chi connectivity index (χ3n) is 7.09. The highest BCUT2D eigenvalue weighted by molar-refractivity contribution is 5.94. The lowest BCUT2D eigenvalue weighted by Crippen LogP contribution is -2.49. The zero-order valence-corrected chi connectivity index (χ0v) is 21.7. The summed E-state index contributed by atoms with van der Waals surface area (Å²) >= 11 is 0. The minimum absolute atomic E-state index is 0.0388. The van der Waals surface area contributed by atoms with Crippen molar-refractivity contribution in [3.63, 3.8) is 0 Å². The van der Waals surface area contributed by atoms with Crippen LogP contribution in [0.25, 0.3) is 0 Å². The van der Waals surface area contributed by atoms with Crippen molar-refractivity contribution in [1.82, 2.24) is 35.1 Å². The molecule has 4 rings (SSSR count). The normalized spacial score (nSPS) is 16.5. The Balaban J connectivity index is 1.33. The van der Waals surface area contributed by atoms with Gasteiger partial charge in [0, 0.05) is 55.5 Å². The minimum Gasteiger partial charge on any atom is -0.347 e. The van der Waals surface area contributed by atoms with Crippen LogP contribution < -0.4 is 5.32 Å². The molecule has 36 heavy (non-hydrogen) atoms. The highest BCUT2D eigenvalue weighted by atomic mass is 16.2. The van der Waals surface area contributed by atoms with Crippen LogP contribution in [0, 0.1) is 0 Å². The van der Waals surface area contributed by atoms with Crippen molar-refractivity contribution in [2.45, 2.75) is 84.1 Å². The van der Waals surface area contributed by atoms with Gasteiger partial charge < -0.3 is 20.2 Å². The summed E-state index contributed by atoms with van der Waals surface area (Å²) in [6, 6.07) is 9.24. The van der Waals surface area contributed by atoms with Crippen molar-refractivity contribution >= 4 is 5.91 Å². The first-order valence-corrected chi connectivity index (χ1v) is 13.5. The molecule has 1 amide bonds. The van der Waals surface area contributed by atoms with Crippen LogP contribution in [-0.2, 0) is 19.6 Å². The Morgan fingerprint density at radius 3 is 2.25 bits per heavy atom. The number of likely N-dealkylation sites (tertiary alicyclic amines) is 1. The number of aromatic nitrogens is 4. The highest BCUT2D eigenvalue weighted by Gasteiger charge is 2.25. The van der Waals surface area contributed by atoms with E-state index in [1.807, 2.05) is 12.1 Å². The van der Waals surface area contributed by atoms with Gasteiger partial charge in [-0.1, -0.05) is 38.8 Å². The fraction of sp³-hybridized carbons (Fsp3) is 0.536. The monoisotopic (exact) mass is 491 g/mol. The molecular formula is C28H41N7O. The lowest BCUT2D eigenvalue weighted by molar-refractivity contribution is 0.0721. The standard InChI is InChI=1S/C28H41N7O/c1-3-6-25(7-4-2)34-17-5-8-24(19-34)33-18-22-9-11-23(12-10-22)28(36)35(20-26-29-13-14-30-26)21-27-31-15-16-32-27/h9-16,24-25,33H,3-8,17-21H2,1-2H3,(H,29,30)(H,31,32)/t24-/m0/s1. The summed E-state index contributed by atoms with van der Waals surface area (Å²) in [7, 11) is 0. The lowest BCUT2D eigenvalue weighted by atomic mass is 9.98. The Labute approximate surface area is 214 Å². The molecule has 1 aromatic carbocycles. The SMILES string of the molecule is CCCC(CCC)N1CCC[C@H](NCc2ccc(C(=O)N(Cc3ncc[nH]3)Cc3ncc[nH]3)cc2)C1. The van der Waals surface area contributed by atoms with Crippen LogP contribution in [0.5, 0.6) is 0 Å². The topological polar surface area (TPSA) is 92.9 Å². The summed E-state index contributed by atoms with van der Waals surface area (Å²) < 4.78 is 0. The van der Waals surface area contributed by atoms with Crippen molar-refractivity contribution in [2.24, 2.45) is 0 Å². The number of nitrogens with zero attached hydrogens (tertiary/aromatic N) is 4. The second-order valence-corrected chi connectivity index (χ2v) is 9.88. The van der Waals surface area contributed by atoms with E-state index in [0.29, 0.717) is 24.7 Å². The number of imidazole rings is 2. The summed E-state index contributed by atoms with van der Waals surface area (Å²) in [5.41, 5.74) is 1.87. The second kappa shape index (κ2) is 13.4. The van der Waals surface area contributed by atoms with Crippen molar-refractivity contribution in [3.05, 3.63) is 71.8 Å². The van der Waals surface area contributed by atoms with Crippen LogP contribution >= 0.6 is 0 Å². The third-order valence-corrected chi connectivity index (χ3v) is 7.09. The van der Waals surface area contributed by atoms with E-state index in [2.05, 4.69) is 56.1 Å². The van der Waals surface area contributed by atoms with Gasteiger partial charge in [-0.3, -0.25) is 9.69 Å². The van der Waals surface area contributed by atoms with E-state index in [0.717, 1.165) is 30.8 Å². The maximum atomic E-state index is 13.3. The van der Waals surface area contributed by atoms with Crippen LogP contribution in [0.1, 0.15) is 79.9 Å². The van der Waals surface area contributed by atoms with E-state index >= 15 is 0 Å². The number of hydrogen-bond acceptors (Lipinski definition) is 5. The Bertz CT molecular complexity index is 975. The Morgan fingerprint density at radius 2 is 1.69 bits per heavy atom. The van der Waals surface area contributed by atoms with Crippen molar-refractivity contribution in [1.29, 1.82) is 0 Å². The molecule has 3 aromatic rings. The summed E-state index contributed by atoms with van der Waals surface area (Å²) in [5.74, 6) is 1.46. The maximum Gasteiger partial charge on any atom is 0.254 e. The largest absolute Gasteiger partial charge is 0.347 e. The molecular weight excluding hydrogens is 450 g/mol. The molecule has 8 heteroatoms. The molecule has 8 nitrogen and oxygen atoms in total. The predicted molar refractivity (Wildman–Crippen MR) is 142 cm³/mol. The number of benzene rings is 1. The van der Waals surface area contributed by atoms with E-state index < -0.39 is 0 Å². The molecule has 0 unspecified atom stereocenters. The number of piperidine rings is 1. The van der Waals surface area contributed by atoms with Crippen LogP contribution in [0.2, 0.25) is 0 Å². The Kier molecular flexibility index (Phi) is 9.69. The first kappa shape index (κ1) is 26.1. The Morgan fingerprint density at radius 1 is 1.06 bits per heavy atom. The van der Waals surface area contributed by atoms with E-state index in [1.54, 1.807) is 29.7 Å². The molecule has 0 spiro atoms. The molecule has 1 aliphatic heterocycles. The lowest BCUT2D eigenvalue weighted by Gasteiger charge is -2.38. The number of carbonyl (C=O) groups excluding carboxylic acids is 1. The second-order valence-electron chi connectivity index (χ2n) is 9.88. The molecule has 194 valence electrons. The van der Waals surface area contributed by atoms with Crippen LogP contribution in [0.3, 0.4) is 0 Å². The van der Waals surface area contributed by atoms with Gasteiger partial charge in [0.25, 0.3) is 5.91 Å². The van der Waals surface area contributed by atoms with Gasteiger partial charge in [0.1, 0.15) is 11.6 Å². The van der Waals surface area contributed by atoms with E-state index in [1.165, 1.54) is 50.6 Å². The van der Waals surface area contributed by atoms with E-state index in [9.17, 15) is 4.79 Å². The molecule has 2 aromatic heterocycles. The number of carbonyl (C=O) groups is 1. The number of H-pyrrole nitrogens is 2. The third kappa shape index (κ3) is 7.27. The number of amides is 1. The fourth-order valence-electron chi connectivity index (χ4n) is 5.22. The average molecular weight is 492 g/mol. The van der Waals surface area contributed by atoms with Crippen molar-refractivity contribution in [2.75, 3.05) is 13.1 Å². The molecule has 0 aliphatic carbocycles. The zero-order chi connectivity index (χ0) is 25.2. The quantitative estimate of drug-likeness (QED) is 0.327. The van der Waals surface area contributed by atoms with Gasteiger partial charge in [-0.05, 0) is 49.9 Å². The fourth-order valence-corrected chi connectivity index (χ4v) is 5.22. The average Bonchev–Trinajstić information content (AvgIpc) is 3.62. The number of nitrogens with one attached hydrogen (secondary N) is 3. The smallest absolute Gasteiger partial charge is 0.254 e. The molecule has 0 saturated carbocycles. The first-order chi connectivity index (χ1) is 17.7. The molecule has 0 radical (unpaired) electrons. The van der Waals surface area contributed by atoms with E-state index in [4.69, 9.17) is 0 Å². The van der Waals surface area contributed by atoms with Gasteiger partial charge in [0.05, 0.1) is 13.1 Å². The van der Waals surface area contributed by atoms with Gasteiger partial charge in [0.2, 0.25) is 0 Å². The molecule has 0 bridgehead atoms. The van der Waals surface area contributed by atoms with Crippen LogP contribution in [0.15, 0.2) is 49.1 Å². The summed E-state index contributed by atoms with van der Waals surface area (Å²) in [6.45, 7) is 8.56. The molecule has 1 fully saturated rings. The molecule has 1 aliphatic rings. The maximum absolute atomic E-state index is 13.3. The summed E-state index contributed by atoms with van der Waals surface area (Å²) in [6.07, 6.45) is 14.5. The van der Waals surface area contributed by atoms with Crippen molar-refractivity contribution < 1.29 is 4.79 Å². The number of aromatic amines is 2. The minimum atomic E-state index is -0.0388. The van der Waals surface area contributed by atoms with Crippen LogP contribution in [-0.4, -0.2) is 60.8 Å². The Hall–Kier alpha value is -2.97. The molecule has 3 heterocycles. The summed E-state index contributed by atoms with van der Waals surface area (Å²) in [5, 5.41) is 3.78. The van der Waals surface area contributed by atoms with Crippen LogP contribution in [0.4, 0.5) is 0 Å². The first-order valence-electron chi connectivity index (χ1n) is 13.5. The zero-order valence-electron chi connectivity index (χ0n) is 21.7. The molecule has 3 N–H and O–H groups in total. The number of rotatable bonds is 13. The van der Waals surface area contributed by atoms with Gasteiger partial charge in [-0.2, -0.15) is 0 Å². The van der Waals surface area contributed by atoms with Crippen molar-refractivity contribution in [3.8, 4) is 0 Å². The molecule has 1 atom stereocenters. The van der Waals surface area contributed by atoms with Gasteiger partial charge in [-0.15, -0.1) is 0 Å². The number of hydrogen-bond donors (Lipinski definition) is 3. The van der Waals surface area contributed by atoms with Gasteiger partial charge >= 0.3 is 0 Å². The molecule has 1 saturated heterocycles. The van der Waals surface area contributed by atoms with Gasteiger partial charge in [-0.25, -0.2) is 9.97 Å². The van der Waals surface area contributed by atoms with Gasteiger partial charge in [0.15, 0.2) is 0 Å². The highest BCUT2D eigenvalue weighted by Crippen LogP contribution is 2.20. The predicted octanol–water partition coefficient (Wildman–Crippen LogP) is 4.50. The summed E-state index contributed by atoms with van der Waals surface area (Å²) in [4.78, 5) is 32.6. The van der Waals surface area contributed by atoms with E-state index in [-0.39, 0.29) is 5.91 Å².